The van der Waals surface area contributed by atoms with E-state index in [1.807, 2.05) is 47.4 Å². The fourth-order valence-electron chi connectivity index (χ4n) is 5.16. The lowest BCUT2D eigenvalue weighted by atomic mass is 9.75. The van der Waals surface area contributed by atoms with E-state index in [0.717, 1.165) is 56.5 Å². The number of rotatable bonds is 4. The molecular weight excluding hydrogens is 456 g/mol. The molecule has 0 unspecified atom stereocenters. The monoisotopic (exact) mass is 494 g/mol. The first-order valence-corrected chi connectivity index (χ1v) is 13.1. The number of benzene rings is 2. The summed E-state index contributed by atoms with van der Waals surface area (Å²) in [6.45, 7) is 3.68. The van der Waals surface area contributed by atoms with Crippen molar-refractivity contribution < 1.29 is 23.8 Å². The van der Waals surface area contributed by atoms with Gasteiger partial charge in [-0.3, -0.25) is 9.59 Å². The first kappa shape index (κ1) is 26.0. The third-order valence-corrected chi connectivity index (χ3v) is 7.42. The molecule has 194 valence electrons. The fourth-order valence-corrected chi connectivity index (χ4v) is 5.16. The Bertz CT molecular complexity index is 1020. The second kappa shape index (κ2) is 12.8. The molecule has 0 aromatic heterocycles. The normalized spacial score (nSPS) is 18.9. The van der Waals surface area contributed by atoms with Crippen LogP contribution in [0.15, 0.2) is 48.5 Å². The van der Waals surface area contributed by atoms with Gasteiger partial charge in [0.2, 0.25) is 5.91 Å². The Labute approximate surface area is 214 Å². The SMILES string of the molecule is COc1ccccc1CCC(=O)N1CCC2(CCCCOCCNC(=O)c3ccccc3OC2)CC1. The lowest BCUT2D eigenvalue weighted by Gasteiger charge is -2.42. The predicted molar refractivity (Wildman–Crippen MR) is 139 cm³/mol. The van der Waals surface area contributed by atoms with E-state index in [0.29, 0.717) is 50.5 Å². The van der Waals surface area contributed by atoms with Gasteiger partial charge in [0.05, 0.1) is 25.9 Å². The molecule has 2 amide bonds. The largest absolute Gasteiger partial charge is 0.496 e. The van der Waals surface area contributed by atoms with Crippen molar-refractivity contribution in [3.05, 3.63) is 59.7 Å². The lowest BCUT2D eigenvalue weighted by Crippen LogP contribution is -2.45. The lowest BCUT2D eigenvalue weighted by molar-refractivity contribution is -0.134. The second-order valence-electron chi connectivity index (χ2n) is 9.80. The van der Waals surface area contributed by atoms with Crippen LogP contribution >= 0.6 is 0 Å². The first-order valence-electron chi connectivity index (χ1n) is 13.1. The highest BCUT2D eigenvalue weighted by molar-refractivity contribution is 5.96. The van der Waals surface area contributed by atoms with E-state index in [4.69, 9.17) is 14.2 Å². The summed E-state index contributed by atoms with van der Waals surface area (Å²) < 4.78 is 17.5. The summed E-state index contributed by atoms with van der Waals surface area (Å²) in [4.78, 5) is 27.7. The zero-order chi connectivity index (χ0) is 25.2. The number of fused-ring (bicyclic) bond motifs is 1. The Morgan fingerprint density at radius 3 is 2.64 bits per heavy atom. The fraction of sp³-hybridized carbons (Fsp3) is 0.517. The van der Waals surface area contributed by atoms with Crippen molar-refractivity contribution in [3.63, 3.8) is 0 Å². The average Bonchev–Trinajstić information content (AvgIpc) is 2.92. The standard InChI is InChI=1S/C29H38N2O5/c1-34-25-10-4-2-8-23(25)12-13-27(32)31-18-15-29(16-19-31)14-6-7-20-35-21-17-30-28(33)24-9-3-5-11-26(24)36-22-29/h2-5,8-11H,6-7,12-22H2,1H3,(H,30,33). The number of carbonyl (C=O) groups excluding carboxylic acids is 2. The van der Waals surface area contributed by atoms with Gasteiger partial charge in [-0.05, 0) is 55.9 Å². The highest BCUT2D eigenvalue weighted by Gasteiger charge is 2.36. The Hall–Kier alpha value is -3.06. The van der Waals surface area contributed by atoms with Crippen molar-refractivity contribution in [3.8, 4) is 11.5 Å². The topological polar surface area (TPSA) is 77.1 Å². The van der Waals surface area contributed by atoms with Gasteiger partial charge in [-0.1, -0.05) is 36.8 Å². The maximum atomic E-state index is 13.0. The number of methoxy groups -OCH3 is 1. The van der Waals surface area contributed by atoms with Crippen molar-refractivity contribution in [1.29, 1.82) is 0 Å². The minimum Gasteiger partial charge on any atom is -0.496 e. The molecule has 2 aromatic rings. The summed E-state index contributed by atoms with van der Waals surface area (Å²) in [5, 5.41) is 2.92. The van der Waals surface area contributed by atoms with E-state index in [-0.39, 0.29) is 17.2 Å². The molecule has 4 rings (SSSR count). The van der Waals surface area contributed by atoms with Crippen LogP contribution in [0.2, 0.25) is 0 Å². The third kappa shape index (κ3) is 6.78. The molecule has 1 N–H and O–H groups in total. The molecule has 7 nitrogen and oxygen atoms in total. The number of piperidine rings is 1. The van der Waals surface area contributed by atoms with Gasteiger partial charge in [0.1, 0.15) is 11.5 Å². The summed E-state index contributed by atoms with van der Waals surface area (Å²) in [5.74, 6) is 1.49. The molecule has 0 aliphatic carbocycles. The van der Waals surface area contributed by atoms with Crippen LogP contribution in [0.5, 0.6) is 11.5 Å². The molecule has 1 saturated heterocycles. The van der Waals surface area contributed by atoms with Gasteiger partial charge in [-0.25, -0.2) is 0 Å². The van der Waals surface area contributed by atoms with Gasteiger partial charge in [0.25, 0.3) is 5.91 Å². The second-order valence-corrected chi connectivity index (χ2v) is 9.80. The summed E-state index contributed by atoms with van der Waals surface area (Å²) in [7, 11) is 1.66. The van der Waals surface area contributed by atoms with Crippen LogP contribution in [0.25, 0.3) is 0 Å². The minimum absolute atomic E-state index is 0.0207. The number of amides is 2. The number of carbonyl (C=O) groups is 2. The number of hydrogen-bond acceptors (Lipinski definition) is 5. The maximum absolute atomic E-state index is 13.0. The predicted octanol–water partition coefficient (Wildman–Crippen LogP) is 4.25. The Kier molecular flexibility index (Phi) is 9.23. The highest BCUT2D eigenvalue weighted by atomic mass is 16.5. The van der Waals surface area contributed by atoms with Gasteiger partial charge in [0.15, 0.2) is 0 Å². The van der Waals surface area contributed by atoms with E-state index < -0.39 is 0 Å². The van der Waals surface area contributed by atoms with Crippen LogP contribution in [0.4, 0.5) is 0 Å². The van der Waals surface area contributed by atoms with Gasteiger partial charge in [-0.15, -0.1) is 0 Å². The highest BCUT2D eigenvalue weighted by Crippen LogP contribution is 2.38. The van der Waals surface area contributed by atoms with E-state index in [1.54, 1.807) is 13.2 Å². The maximum Gasteiger partial charge on any atom is 0.255 e. The van der Waals surface area contributed by atoms with Crippen LogP contribution < -0.4 is 14.8 Å². The van der Waals surface area contributed by atoms with Gasteiger partial charge >= 0.3 is 0 Å². The summed E-state index contributed by atoms with van der Waals surface area (Å²) >= 11 is 0. The summed E-state index contributed by atoms with van der Waals surface area (Å²) in [6.07, 6.45) is 5.99. The number of hydrogen-bond donors (Lipinski definition) is 1. The molecule has 0 bridgehead atoms. The molecule has 2 aliphatic heterocycles. The average molecular weight is 495 g/mol. The number of nitrogens with zero attached hydrogens (tertiary/aromatic N) is 1. The summed E-state index contributed by atoms with van der Waals surface area (Å²) in [6, 6.07) is 15.3. The molecule has 0 radical (unpaired) electrons. The van der Waals surface area contributed by atoms with Gasteiger partial charge in [0, 0.05) is 38.1 Å². The molecule has 1 fully saturated rings. The van der Waals surface area contributed by atoms with Gasteiger partial charge in [-0.2, -0.15) is 0 Å². The molecule has 36 heavy (non-hydrogen) atoms. The minimum atomic E-state index is -0.143. The van der Waals surface area contributed by atoms with Crippen molar-refractivity contribution in [2.75, 3.05) is 46.6 Å². The van der Waals surface area contributed by atoms with Crippen molar-refractivity contribution in [2.45, 2.75) is 44.9 Å². The molecule has 2 aromatic carbocycles. The van der Waals surface area contributed by atoms with Crippen molar-refractivity contribution in [1.82, 2.24) is 10.2 Å². The molecule has 7 heteroatoms. The molecular formula is C29H38N2O5. The Morgan fingerprint density at radius 2 is 1.81 bits per heavy atom. The zero-order valence-corrected chi connectivity index (χ0v) is 21.3. The molecule has 1 spiro atoms. The zero-order valence-electron chi connectivity index (χ0n) is 21.3. The number of aryl methyl sites for hydroxylation is 1. The van der Waals surface area contributed by atoms with E-state index in [1.165, 1.54) is 0 Å². The van der Waals surface area contributed by atoms with Crippen LogP contribution in [-0.4, -0.2) is 63.3 Å². The quantitative estimate of drug-likeness (QED) is 0.688. The van der Waals surface area contributed by atoms with Crippen LogP contribution in [0, 0.1) is 5.41 Å². The molecule has 0 saturated carbocycles. The number of ether oxygens (including phenoxy) is 3. The van der Waals surface area contributed by atoms with Gasteiger partial charge < -0.3 is 24.4 Å². The van der Waals surface area contributed by atoms with Crippen LogP contribution in [0.1, 0.15) is 54.4 Å². The number of nitrogens with one attached hydrogen (secondary N) is 1. The van der Waals surface area contributed by atoms with E-state index in [9.17, 15) is 9.59 Å². The van der Waals surface area contributed by atoms with Crippen molar-refractivity contribution >= 4 is 11.8 Å². The Morgan fingerprint density at radius 1 is 1.03 bits per heavy atom. The molecule has 2 aliphatic rings. The van der Waals surface area contributed by atoms with Crippen LogP contribution in [0.3, 0.4) is 0 Å². The summed E-state index contributed by atoms with van der Waals surface area (Å²) in [5.41, 5.74) is 1.59. The Balaban J connectivity index is 1.39. The molecule has 0 atom stereocenters. The van der Waals surface area contributed by atoms with E-state index >= 15 is 0 Å². The van der Waals surface area contributed by atoms with Crippen molar-refractivity contribution in [2.24, 2.45) is 5.41 Å². The van der Waals surface area contributed by atoms with E-state index in [2.05, 4.69) is 5.32 Å². The van der Waals surface area contributed by atoms with Crippen LogP contribution in [-0.2, 0) is 16.0 Å². The third-order valence-electron chi connectivity index (χ3n) is 7.42. The number of likely N-dealkylation sites (tertiary alicyclic amines) is 1. The number of para-hydroxylation sites is 2. The molecule has 2 heterocycles. The first-order chi connectivity index (χ1) is 17.6. The smallest absolute Gasteiger partial charge is 0.255 e.